The molecule has 0 rings (SSSR count). The highest BCUT2D eigenvalue weighted by molar-refractivity contribution is 5.85. The molecule has 0 bridgehead atoms. The number of carbonyl (C=O) groups excluding carboxylic acids is 1. The first kappa shape index (κ1) is 18.1. The fraction of sp³-hybridized carbons (Fsp3) is 0.917. The summed E-state index contributed by atoms with van der Waals surface area (Å²) in [5.74, 6) is 1.16. The summed E-state index contributed by atoms with van der Waals surface area (Å²) >= 11 is 0. The summed E-state index contributed by atoms with van der Waals surface area (Å²) in [5, 5.41) is 0. The predicted octanol–water partition coefficient (Wildman–Crippen LogP) is 2.14. The Morgan fingerprint density at radius 3 is 1.69 bits per heavy atom. The van der Waals surface area contributed by atoms with Gasteiger partial charge in [0.15, 0.2) is 0 Å². The first-order valence-electron chi connectivity index (χ1n) is 5.87. The van der Waals surface area contributed by atoms with Gasteiger partial charge < -0.3 is 10.6 Å². The zero-order chi connectivity index (χ0) is 12.0. The Kier molecular flexibility index (Phi) is 9.98. The molecule has 0 aromatic heterocycles. The number of nitrogens with two attached hydrogens (primary N) is 1. The Balaban J connectivity index is 0. The summed E-state index contributed by atoms with van der Waals surface area (Å²) < 4.78 is 0. The molecule has 0 aliphatic heterocycles. The summed E-state index contributed by atoms with van der Waals surface area (Å²) in [4.78, 5) is 13.9. The van der Waals surface area contributed by atoms with Crippen molar-refractivity contribution in [1.29, 1.82) is 0 Å². The van der Waals surface area contributed by atoms with Gasteiger partial charge >= 0.3 is 0 Å². The summed E-state index contributed by atoms with van der Waals surface area (Å²) in [6, 6.07) is 0. The minimum Gasteiger partial charge on any atom is -0.342 e. The Labute approximate surface area is 106 Å². The fourth-order valence-electron chi connectivity index (χ4n) is 1.55. The van der Waals surface area contributed by atoms with E-state index < -0.39 is 0 Å². The van der Waals surface area contributed by atoms with Crippen molar-refractivity contribution in [2.24, 2.45) is 23.5 Å². The molecule has 0 aromatic carbocycles. The molecule has 0 fully saturated rings. The quantitative estimate of drug-likeness (QED) is 0.785. The van der Waals surface area contributed by atoms with Crippen molar-refractivity contribution in [3.8, 4) is 0 Å². The van der Waals surface area contributed by atoms with Crippen molar-refractivity contribution in [3.63, 3.8) is 0 Å². The lowest BCUT2D eigenvalue weighted by Gasteiger charge is -2.28. The van der Waals surface area contributed by atoms with E-state index >= 15 is 0 Å². The molecule has 4 heteroatoms. The second kappa shape index (κ2) is 8.82. The van der Waals surface area contributed by atoms with E-state index in [0.717, 1.165) is 13.1 Å². The van der Waals surface area contributed by atoms with Crippen molar-refractivity contribution < 1.29 is 4.79 Å². The molecule has 0 aliphatic rings. The van der Waals surface area contributed by atoms with Gasteiger partial charge in [-0.25, -0.2) is 0 Å². The Hall–Kier alpha value is -0.280. The van der Waals surface area contributed by atoms with Crippen LogP contribution in [0.25, 0.3) is 0 Å². The molecule has 0 aromatic rings. The van der Waals surface area contributed by atoms with Crippen LogP contribution in [0, 0.1) is 17.8 Å². The minimum atomic E-state index is -0.0532. The lowest BCUT2D eigenvalue weighted by Crippen LogP contribution is -2.41. The molecule has 0 radical (unpaired) electrons. The first-order valence-corrected chi connectivity index (χ1v) is 5.87. The van der Waals surface area contributed by atoms with Crippen LogP contribution in [-0.4, -0.2) is 30.4 Å². The monoisotopic (exact) mass is 250 g/mol. The number of hydrogen-bond donors (Lipinski definition) is 1. The average Bonchev–Trinajstić information content (AvgIpc) is 2.13. The van der Waals surface area contributed by atoms with Crippen molar-refractivity contribution in [1.82, 2.24) is 4.90 Å². The molecule has 3 nitrogen and oxygen atoms in total. The zero-order valence-electron chi connectivity index (χ0n) is 11.2. The summed E-state index contributed by atoms with van der Waals surface area (Å²) in [5.41, 5.74) is 5.52. The second-order valence-electron chi connectivity index (χ2n) is 5.17. The van der Waals surface area contributed by atoms with Gasteiger partial charge in [0, 0.05) is 25.6 Å². The smallest absolute Gasteiger partial charge is 0.226 e. The normalized spacial score (nSPS) is 12.5. The van der Waals surface area contributed by atoms with Crippen molar-refractivity contribution in [2.75, 3.05) is 19.6 Å². The molecule has 98 valence electrons. The van der Waals surface area contributed by atoms with Crippen molar-refractivity contribution in [3.05, 3.63) is 0 Å². The number of hydrogen-bond acceptors (Lipinski definition) is 2. The van der Waals surface area contributed by atoms with Crippen molar-refractivity contribution in [2.45, 2.75) is 34.6 Å². The maximum atomic E-state index is 12.0. The number of nitrogens with zero attached hydrogens (tertiary/aromatic N) is 1. The van der Waals surface area contributed by atoms with Crippen LogP contribution in [0.2, 0.25) is 0 Å². The van der Waals surface area contributed by atoms with Crippen LogP contribution >= 0.6 is 12.4 Å². The number of amides is 1. The van der Waals surface area contributed by atoms with Crippen LogP contribution in [0.1, 0.15) is 34.6 Å². The molecule has 0 heterocycles. The molecular weight excluding hydrogens is 224 g/mol. The molecule has 1 atom stereocenters. The van der Waals surface area contributed by atoms with Crippen LogP contribution in [0.15, 0.2) is 0 Å². The van der Waals surface area contributed by atoms with Gasteiger partial charge in [0.2, 0.25) is 5.91 Å². The van der Waals surface area contributed by atoms with Crippen LogP contribution in [0.4, 0.5) is 0 Å². The third-order valence-corrected chi connectivity index (χ3v) is 2.26. The third kappa shape index (κ3) is 7.07. The molecular formula is C12H27ClN2O. The molecule has 0 aliphatic carbocycles. The van der Waals surface area contributed by atoms with Crippen LogP contribution in [0.5, 0.6) is 0 Å². The van der Waals surface area contributed by atoms with E-state index in [4.69, 9.17) is 5.73 Å². The van der Waals surface area contributed by atoms with E-state index in [2.05, 4.69) is 27.7 Å². The van der Waals surface area contributed by atoms with E-state index in [-0.39, 0.29) is 24.2 Å². The summed E-state index contributed by atoms with van der Waals surface area (Å²) in [7, 11) is 0. The van der Waals surface area contributed by atoms with Gasteiger partial charge in [-0.2, -0.15) is 0 Å². The Morgan fingerprint density at radius 2 is 1.44 bits per heavy atom. The number of carbonyl (C=O) groups is 1. The highest BCUT2D eigenvalue weighted by atomic mass is 35.5. The molecule has 0 saturated carbocycles. The van der Waals surface area contributed by atoms with Crippen molar-refractivity contribution >= 4 is 18.3 Å². The van der Waals surface area contributed by atoms with Crippen LogP contribution in [-0.2, 0) is 4.79 Å². The first-order chi connectivity index (χ1) is 6.88. The molecule has 16 heavy (non-hydrogen) atoms. The SMILES string of the molecule is CC(C)CN(CC(C)C)C(=O)C(C)CN.Cl. The molecule has 2 N–H and O–H groups in total. The van der Waals surface area contributed by atoms with Gasteiger partial charge in [0.1, 0.15) is 0 Å². The number of rotatable bonds is 6. The van der Waals surface area contributed by atoms with Gasteiger partial charge in [-0.3, -0.25) is 4.79 Å². The van der Waals surface area contributed by atoms with Gasteiger partial charge in [-0.05, 0) is 11.8 Å². The van der Waals surface area contributed by atoms with Gasteiger partial charge in [-0.1, -0.05) is 34.6 Å². The maximum Gasteiger partial charge on any atom is 0.226 e. The molecule has 1 amide bonds. The number of halogens is 1. The Bertz CT molecular complexity index is 185. The lowest BCUT2D eigenvalue weighted by molar-refractivity contribution is -0.135. The minimum absolute atomic E-state index is 0. The zero-order valence-corrected chi connectivity index (χ0v) is 12.0. The van der Waals surface area contributed by atoms with Crippen LogP contribution < -0.4 is 5.73 Å². The van der Waals surface area contributed by atoms with Gasteiger partial charge in [-0.15, -0.1) is 12.4 Å². The lowest BCUT2D eigenvalue weighted by atomic mass is 10.1. The largest absolute Gasteiger partial charge is 0.342 e. The predicted molar refractivity (Wildman–Crippen MR) is 71.7 cm³/mol. The van der Waals surface area contributed by atoms with Gasteiger partial charge in [0.25, 0.3) is 0 Å². The van der Waals surface area contributed by atoms with E-state index in [1.807, 2.05) is 11.8 Å². The Morgan fingerprint density at radius 1 is 1.06 bits per heavy atom. The average molecular weight is 251 g/mol. The molecule has 0 spiro atoms. The van der Waals surface area contributed by atoms with Crippen LogP contribution in [0.3, 0.4) is 0 Å². The maximum absolute atomic E-state index is 12.0. The highest BCUT2D eigenvalue weighted by Gasteiger charge is 2.20. The third-order valence-electron chi connectivity index (χ3n) is 2.26. The fourth-order valence-corrected chi connectivity index (χ4v) is 1.55. The van der Waals surface area contributed by atoms with E-state index in [1.54, 1.807) is 0 Å². The summed E-state index contributed by atoms with van der Waals surface area (Å²) in [6.45, 7) is 12.5. The molecule has 0 saturated heterocycles. The van der Waals surface area contributed by atoms with E-state index in [0.29, 0.717) is 18.4 Å². The molecule has 1 unspecified atom stereocenters. The van der Waals surface area contributed by atoms with Gasteiger partial charge in [0.05, 0.1) is 0 Å². The topological polar surface area (TPSA) is 46.3 Å². The van der Waals surface area contributed by atoms with E-state index in [1.165, 1.54) is 0 Å². The standard InChI is InChI=1S/C12H26N2O.ClH/c1-9(2)7-14(8-10(3)4)12(15)11(5)6-13;/h9-11H,6-8,13H2,1-5H3;1H. The second-order valence-corrected chi connectivity index (χ2v) is 5.17. The van der Waals surface area contributed by atoms with E-state index in [9.17, 15) is 4.79 Å². The highest BCUT2D eigenvalue weighted by Crippen LogP contribution is 2.08. The summed E-state index contributed by atoms with van der Waals surface area (Å²) in [6.07, 6.45) is 0.